The second kappa shape index (κ2) is 8.25. The van der Waals surface area contributed by atoms with Crippen LogP contribution < -0.4 is 15.1 Å². The van der Waals surface area contributed by atoms with Crippen molar-refractivity contribution < 1.29 is 9.72 Å². The van der Waals surface area contributed by atoms with Crippen molar-refractivity contribution in [1.29, 1.82) is 0 Å². The third-order valence-electron chi connectivity index (χ3n) is 5.80. The first kappa shape index (κ1) is 20.1. The van der Waals surface area contributed by atoms with Crippen LogP contribution in [-0.2, 0) is 11.2 Å². The normalized spacial score (nSPS) is 20.5. The zero-order chi connectivity index (χ0) is 21.3. The Hall–Kier alpha value is -3.23. The van der Waals surface area contributed by atoms with Gasteiger partial charge < -0.3 is 15.1 Å². The van der Waals surface area contributed by atoms with Gasteiger partial charge in [0.2, 0.25) is 5.91 Å². The lowest BCUT2D eigenvalue weighted by Gasteiger charge is -2.49. The minimum atomic E-state index is -0.383. The van der Waals surface area contributed by atoms with E-state index in [4.69, 9.17) is 0 Å². The number of amides is 1. The fourth-order valence-corrected chi connectivity index (χ4v) is 4.32. The summed E-state index contributed by atoms with van der Waals surface area (Å²) in [4.78, 5) is 37.0. The average Bonchev–Trinajstić information content (AvgIpc) is 2.76. The molecule has 2 aromatic rings. The summed E-state index contributed by atoms with van der Waals surface area (Å²) in [5.41, 5.74) is 1.90. The predicted octanol–water partition coefficient (Wildman–Crippen LogP) is 2.02. The lowest BCUT2D eigenvalue weighted by molar-refractivity contribution is -0.384. The van der Waals surface area contributed by atoms with Crippen LogP contribution in [0.3, 0.4) is 0 Å². The van der Waals surface area contributed by atoms with Crippen LogP contribution in [0, 0.1) is 22.0 Å². The number of nitrogens with one attached hydrogen (secondary N) is 1. The van der Waals surface area contributed by atoms with Crippen molar-refractivity contribution >= 4 is 23.1 Å². The molecule has 1 fully saturated rings. The third-order valence-corrected chi connectivity index (χ3v) is 5.80. The Bertz CT molecular complexity index is 936. The van der Waals surface area contributed by atoms with Gasteiger partial charge in [0.05, 0.1) is 23.1 Å². The van der Waals surface area contributed by atoms with E-state index < -0.39 is 0 Å². The Morgan fingerprint density at radius 3 is 2.87 bits per heavy atom. The number of nitro groups is 1. The SMILES string of the molecule is CC(C)CNC(=O)[C@@H]1Cc2cc([N+](=O)[O-])ccc2N2CCN(c3cnccn3)C[C@@H]12. The Morgan fingerprint density at radius 2 is 2.17 bits per heavy atom. The van der Waals surface area contributed by atoms with Gasteiger partial charge in [-0.25, -0.2) is 4.98 Å². The summed E-state index contributed by atoms with van der Waals surface area (Å²) in [5, 5.41) is 14.3. The molecule has 2 atom stereocenters. The molecule has 158 valence electrons. The fourth-order valence-electron chi connectivity index (χ4n) is 4.32. The molecule has 0 radical (unpaired) electrons. The van der Waals surface area contributed by atoms with Crippen LogP contribution in [-0.4, -0.2) is 53.0 Å². The van der Waals surface area contributed by atoms with E-state index in [0.717, 1.165) is 23.6 Å². The summed E-state index contributed by atoms with van der Waals surface area (Å²) in [6.45, 7) is 6.82. The molecule has 2 aliphatic heterocycles. The summed E-state index contributed by atoms with van der Waals surface area (Å²) in [6.07, 6.45) is 5.54. The molecule has 0 saturated carbocycles. The molecule has 9 heteroatoms. The van der Waals surface area contributed by atoms with E-state index in [9.17, 15) is 14.9 Å². The maximum atomic E-state index is 13.1. The Kier molecular flexibility index (Phi) is 5.52. The van der Waals surface area contributed by atoms with E-state index in [1.54, 1.807) is 30.7 Å². The van der Waals surface area contributed by atoms with Gasteiger partial charge >= 0.3 is 0 Å². The van der Waals surface area contributed by atoms with Crippen LogP contribution in [0.15, 0.2) is 36.8 Å². The molecule has 1 aromatic carbocycles. The van der Waals surface area contributed by atoms with Gasteiger partial charge in [-0.3, -0.25) is 19.9 Å². The second-order valence-corrected chi connectivity index (χ2v) is 8.29. The van der Waals surface area contributed by atoms with Crippen molar-refractivity contribution in [3.63, 3.8) is 0 Å². The molecule has 1 saturated heterocycles. The number of hydrogen-bond donors (Lipinski definition) is 1. The predicted molar refractivity (Wildman–Crippen MR) is 114 cm³/mol. The number of non-ortho nitro benzene ring substituents is 1. The Morgan fingerprint density at radius 1 is 1.33 bits per heavy atom. The number of carbonyl (C=O) groups excluding carboxylic acids is 1. The smallest absolute Gasteiger partial charge is 0.269 e. The molecule has 9 nitrogen and oxygen atoms in total. The largest absolute Gasteiger partial charge is 0.364 e. The van der Waals surface area contributed by atoms with E-state index in [-0.39, 0.29) is 28.5 Å². The van der Waals surface area contributed by atoms with Gasteiger partial charge in [-0.2, -0.15) is 0 Å². The van der Waals surface area contributed by atoms with Gasteiger partial charge in [-0.05, 0) is 24.0 Å². The summed E-state index contributed by atoms with van der Waals surface area (Å²) >= 11 is 0. The topological polar surface area (TPSA) is 104 Å². The summed E-state index contributed by atoms with van der Waals surface area (Å²) < 4.78 is 0. The summed E-state index contributed by atoms with van der Waals surface area (Å²) in [5.74, 6) is 0.854. The standard InChI is InChI=1S/C21H26N6O3/c1-14(2)11-24-21(28)17-10-15-9-16(27(29)30)3-4-18(15)26-8-7-25(13-19(17)26)20-12-22-5-6-23-20/h3-6,9,12,14,17,19H,7-8,10-11,13H2,1-2H3,(H,24,28)/t17-,19+/m1/s1. The first-order valence-electron chi connectivity index (χ1n) is 10.3. The number of anilines is 2. The summed E-state index contributed by atoms with van der Waals surface area (Å²) in [7, 11) is 0. The zero-order valence-electron chi connectivity index (χ0n) is 17.2. The van der Waals surface area contributed by atoms with Crippen LogP contribution in [0.25, 0.3) is 0 Å². The van der Waals surface area contributed by atoms with Crippen molar-refractivity contribution in [1.82, 2.24) is 15.3 Å². The fraction of sp³-hybridized carbons (Fsp3) is 0.476. The number of nitrogens with zero attached hydrogens (tertiary/aromatic N) is 5. The number of aromatic nitrogens is 2. The average molecular weight is 410 g/mol. The number of rotatable bonds is 5. The Balaban J connectivity index is 1.66. The molecule has 0 aliphatic carbocycles. The second-order valence-electron chi connectivity index (χ2n) is 8.29. The molecule has 0 bridgehead atoms. The number of hydrogen-bond acceptors (Lipinski definition) is 7. The molecule has 1 amide bonds. The molecule has 0 spiro atoms. The highest BCUT2D eigenvalue weighted by atomic mass is 16.6. The van der Waals surface area contributed by atoms with E-state index in [1.165, 1.54) is 0 Å². The molecule has 0 unspecified atom stereocenters. The van der Waals surface area contributed by atoms with E-state index in [0.29, 0.717) is 32.0 Å². The van der Waals surface area contributed by atoms with Crippen LogP contribution >= 0.6 is 0 Å². The van der Waals surface area contributed by atoms with Crippen LogP contribution in [0.1, 0.15) is 19.4 Å². The zero-order valence-corrected chi connectivity index (χ0v) is 17.2. The summed E-state index contributed by atoms with van der Waals surface area (Å²) in [6, 6.07) is 4.94. The van der Waals surface area contributed by atoms with Crippen LogP contribution in [0.2, 0.25) is 0 Å². The molecule has 2 aliphatic rings. The number of nitro benzene ring substituents is 1. The van der Waals surface area contributed by atoms with E-state index in [1.807, 2.05) is 6.07 Å². The lowest BCUT2D eigenvalue weighted by atomic mass is 9.83. The minimum absolute atomic E-state index is 0.00291. The molecular formula is C21H26N6O3. The molecule has 30 heavy (non-hydrogen) atoms. The molecule has 3 heterocycles. The maximum Gasteiger partial charge on any atom is 0.269 e. The quantitative estimate of drug-likeness (QED) is 0.594. The maximum absolute atomic E-state index is 13.1. The molecule has 1 N–H and O–H groups in total. The first-order chi connectivity index (χ1) is 14.4. The van der Waals surface area contributed by atoms with Crippen molar-refractivity contribution in [2.45, 2.75) is 26.3 Å². The molecular weight excluding hydrogens is 384 g/mol. The highest BCUT2D eigenvalue weighted by molar-refractivity contribution is 5.82. The van der Waals surface area contributed by atoms with Crippen molar-refractivity contribution in [3.8, 4) is 0 Å². The monoisotopic (exact) mass is 410 g/mol. The molecule has 4 rings (SSSR count). The van der Waals surface area contributed by atoms with Gasteiger partial charge in [0, 0.05) is 56.4 Å². The highest BCUT2D eigenvalue weighted by Crippen LogP contribution is 2.38. The van der Waals surface area contributed by atoms with E-state index in [2.05, 4.69) is 38.9 Å². The van der Waals surface area contributed by atoms with Gasteiger partial charge in [0.15, 0.2) is 0 Å². The van der Waals surface area contributed by atoms with Crippen LogP contribution in [0.4, 0.5) is 17.2 Å². The first-order valence-corrected chi connectivity index (χ1v) is 10.3. The van der Waals surface area contributed by atoms with E-state index >= 15 is 0 Å². The third kappa shape index (κ3) is 3.92. The Labute approximate surface area is 175 Å². The highest BCUT2D eigenvalue weighted by Gasteiger charge is 2.42. The van der Waals surface area contributed by atoms with Crippen molar-refractivity contribution in [2.24, 2.45) is 11.8 Å². The van der Waals surface area contributed by atoms with Crippen LogP contribution in [0.5, 0.6) is 0 Å². The minimum Gasteiger partial charge on any atom is -0.364 e. The van der Waals surface area contributed by atoms with Gasteiger partial charge in [0.25, 0.3) is 5.69 Å². The lowest BCUT2D eigenvalue weighted by Crippen LogP contribution is -2.61. The molecule has 1 aromatic heterocycles. The van der Waals surface area contributed by atoms with Crippen molar-refractivity contribution in [3.05, 3.63) is 52.5 Å². The van der Waals surface area contributed by atoms with Gasteiger partial charge in [-0.15, -0.1) is 0 Å². The number of carbonyl (C=O) groups is 1. The number of benzene rings is 1. The number of fused-ring (bicyclic) bond motifs is 3. The van der Waals surface area contributed by atoms with Crippen molar-refractivity contribution in [2.75, 3.05) is 36.0 Å². The van der Waals surface area contributed by atoms with Gasteiger partial charge in [-0.1, -0.05) is 13.8 Å². The number of piperazine rings is 1. The van der Waals surface area contributed by atoms with Gasteiger partial charge in [0.1, 0.15) is 5.82 Å².